The van der Waals surface area contributed by atoms with Crippen LogP contribution < -0.4 is 5.32 Å². The molecule has 0 bridgehead atoms. The van der Waals surface area contributed by atoms with Gasteiger partial charge in [-0.1, -0.05) is 16.9 Å². The lowest BCUT2D eigenvalue weighted by atomic mass is 9.99. The number of aromatic nitrogens is 5. The number of piperidine rings is 1. The number of methoxy groups -OCH3 is 1. The number of rotatable bonds is 7. The standard InChI is InChI=1S/C14H22N6O2S/c1-20-13(10-4-3-6-15-8-10)17-18-14(20)23-9-12-16-11(19-22-12)5-7-21-2/h10,15H,3-9H2,1-2H3/t10-/m0/s1. The van der Waals surface area contributed by atoms with Crippen LogP contribution in [-0.2, 0) is 24.0 Å². The normalized spacial score (nSPS) is 18.4. The van der Waals surface area contributed by atoms with Crippen LogP contribution in [0.25, 0.3) is 0 Å². The van der Waals surface area contributed by atoms with Crippen molar-refractivity contribution in [1.82, 2.24) is 30.2 Å². The van der Waals surface area contributed by atoms with Crippen LogP contribution in [0, 0.1) is 0 Å². The van der Waals surface area contributed by atoms with Gasteiger partial charge in [0.15, 0.2) is 11.0 Å². The fraction of sp³-hybridized carbons (Fsp3) is 0.714. The molecule has 0 unspecified atom stereocenters. The summed E-state index contributed by atoms with van der Waals surface area (Å²) >= 11 is 1.56. The summed E-state index contributed by atoms with van der Waals surface area (Å²) in [6.45, 7) is 2.66. The summed E-state index contributed by atoms with van der Waals surface area (Å²) in [5, 5.41) is 16.9. The molecule has 0 aromatic carbocycles. The molecule has 3 heterocycles. The molecular formula is C14H22N6O2S. The van der Waals surface area contributed by atoms with Gasteiger partial charge in [-0.3, -0.25) is 0 Å². The molecule has 126 valence electrons. The Morgan fingerprint density at radius 1 is 1.43 bits per heavy atom. The van der Waals surface area contributed by atoms with Gasteiger partial charge >= 0.3 is 0 Å². The molecule has 0 saturated carbocycles. The summed E-state index contributed by atoms with van der Waals surface area (Å²) < 4.78 is 12.3. The predicted molar refractivity (Wildman–Crippen MR) is 85.3 cm³/mol. The van der Waals surface area contributed by atoms with Crippen molar-refractivity contribution >= 4 is 11.8 Å². The maximum Gasteiger partial charge on any atom is 0.237 e. The Balaban J connectivity index is 1.58. The van der Waals surface area contributed by atoms with E-state index in [1.54, 1.807) is 18.9 Å². The van der Waals surface area contributed by atoms with E-state index in [1.165, 1.54) is 6.42 Å². The van der Waals surface area contributed by atoms with Gasteiger partial charge in [0.2, 0.25) is 5.89 Å². The molecule has 8 nitrogen and oxygen atoms in total. The molecule has 0 spiro atoms. The van der Waals surface area contributed by atoms with Gasteiger partial charge in [0, 0.05) is 33.0 Å². The topological polar surface area (TPSA) is 90.9 Å². The van der Waals surface area contributed by atoms with E-state index in [2.05, 4.69) is 30.2 Å². The van der Waals surface area contributed by atoms with Gasteiger partial charge < -0.3 is 19.1 Å². The van der Waals surface area contributed by atoms with Crippen LogP contribution in [0.4, 0.5) is 0 Å². The summed E-state index contributed by atoms with van der Waals surface area (Å²) in [5.74, 6) is 3.36. The van der Waals surface area contributed by atoms with Crippen LogP contribution in [0.3, 0.4) is 0 Å². The van der Waals surface area contributed by atoms with E-state index in [-0.39, 0.29) is 0 Å². The molecule has 1 N–H and O–H groups in total. The lowest BCUT2D eigenvalue weighted by Crippen LogP contribution is -2.29. The maximum atomic E-state index is 5.24. The number of hydrogen-bond donors (Lipinski definition) is 1. The molecule has 1 atom stereocenters. The van der Waals surface area contributed by atoms with E-state index in [0.717, 1.165) is 30.5 Å². The third-order valence-corrected chi connectivity index (χ3v) is 4.90. The molecule has 2 aromatic rings. The van der Waals surface area contributed by atoms with Crippen molar-refractivity contribution in [2.75, 3.05) is 26.8 Å². The molecule has 0 radical (unpaired) electrons. The third kappa shape index (κ3) is 4.10. The first kappa shape index (κ1) is 16.4. The molecule has 23 heavy (non-hydrogen) atoms. The minimum absolute atomic E-state index is 0.444. The smallest absolute Gasteiger partial charge is 0.237 e. The van der Waals surface area contributed by atoms with Crippen LogP contribution in [0.2, 0.25) is 0 Å². The average molecular weight is 338 g/mol. The quantitative estimate of drug-likeness (QED) is 0.752. The fourth-order valence-corrected chi connectivity index (χ4v) is 3.41. The van der Waals surface area contributed by atoms with Crippen molar-refractivity contribution < 1.29 is 9.26 Å². The number of nitrogens with zero attached hydrogens (tertiary/aromatic N) is 5. The van der Waals surface area contributed by atoms with Gasteiger partial charge in [-0.25, -0.2) is 0 Å². The summed E-state index contributed by atoms with van der Waals surface area (Å²) in [7, 11) is 3.68. The van der Waals surface area contributed by atoms with Gasteiger partial charge in [-0.05, 0) is 19.4 Å². The second kappa shape index (κ2) is 7.89. The number of nitrogens with one attached hydrogen (secondary N) is 1. The summed E-state index contributed by atoms with van der Waals surface area (Å²) in [6, 6.07) is 0. The Kier molecular flexibility index (Phi) is 5.63. The van der Waals surface area contributed by atoms with E-state index in [4.69, 9.17) is 9.26 Å². The van der Waals surface area contributed by atoms with Gasteiger partial charge in [-0.15, -0.1) is 10.2 Å². The monoisotopic (exact) mass is 338 g/mol. The first-order valence-corrected chi connectivity index (χ1v) is 8.79. The lowest BCUT2D eigenvalue weighted by molar-refractivity contribution is 0.199. The van der Waals surface area contributed by atoms with Crippen molar-refractivity contribution in [2.24, 2.45) is 7.05 Å². The SMILES string of the molecule is COCCc1noc(CSc2nnc([C@H]3CCCNC3)n2C)n1. The Hall–Kier alpha value is -1.45. The van der Waals surface area contributed by atoms with E-state index in [0.29, 0.717) is 36.4 Å². The van der Waals surface area contributed by atoms with E-state index < -0.39 is 0 Å². The van der Waals surface area contributed by atoms with Crippen molar-refractivity contribution in [3.63, 3.8) is 0 Å². The molecule has 2 aromatic heterocycles. The molecular weight excluding hydrogens is 316 g/mol. The van der Waals surface area contributed by atoms with Crippen LogP contribution in [0.15, 0.2) is 9.68 Å². The maximum absolute atomic E-state index is 5.24. The van der Waals surface area contributed by atoms with Crippen molar-refractivity contribution in [3.05, 3.63) is 17.5 Å². The van der Waals surface area contributed by atoms with Gasteiger partial charge in [0.05, 0.1) is 12.4 Å². The molecule has 1 aliphatic rings. The van der Waals surface area contributed by atoms with E-state index in [1.807, 2.05) is 7.05 Å². The highest BCUT2D eigenvalue weighted by atomic mass is 32.2. The van der Waals surface area contributed by atoms with Gasteiger partial charge in [0.1, 0.15) is 5.82 Å². The summed E-state index contributed by atoms with van der Waals surface area (Å²) in [4.78, 5) is 4.34. The molecule has 1 fully saturated rings. The van der Waals surface area contributed by atoms with Crippen molar-refractivity contribution in [3.8, 4) is 0 Å². The van der Waals surface area contributed by atoms with Crippen LogP contribution in [0.1, 0.15) is 36.3 Å². The Morgan fingerprint density at radius 3 is 3.13 bits per heavy atom. The predicted octanol–water partition coefficient (Wildman–Crippen LogP) is 1.15. The van der Waals surface area contributed by atoms with E-state index in [9.17, 15) is 0 Å². The Morgan fingerprint density at radius 2 is 2.35 bits per heavy atom. The second-order valence-corrected chi connectivity index (χ2v) is 6.52. The van der Waals surface area contributed by atoms with Crippen LogP contribution in [0.5, 0.6) is 0 Å². The minimum Gasteiger partial charge on any atom is -0.384 e. The largest absolute Gasteiger partial charge is 0.384 e. The highest BCUT2D eigenvalue weighted by Crippen LogP contribution is 2.26. The summed E-state index contributed by atoms with van der Waals surface area (Å²) in [6.07, 6.45) is 3.01. The minimum atomic E-state index is 0.444. The number of thioether (sulfide) groups is 1. The van der Waals surface area contributed by atoms with Crippen LogP contribution in [-0.4, -0.2) is 51.7 Å². The zero-order valence-electron chi connectivity index (χ0n) is 13.5. The zero-order valence-corrected chi connectivity index (χ0v) is 14.3. The van der Waals surface area contributed by atoms with E-state index >= 15 is 0 Å². The molecule has 0 aliphatic carbocycles. The molecule has 0 amide bonds. The second-order valence-electron chi connectivity index (χ2n) is 5.58. The lowest BCUT2D eigenvalue weighted by Gasteiger charge is -2.21. The highest BCUT2D eigenvalue weighted by Gasteiger charge is 2.22. The fourth-order valence-electron chi connectivity index (χ4n) is 2.65. The number of ether oxygens (including phenoxy) is 1. The molecule has 3 rings (SSSR count). The van der Waals surface area contributed by atoms with Crippen molar-refractivity contribution in [2.45, 2.75) is 36.1 Å². The molecule has 1 saturated heterocycles. The van der Waals surface area contributed by atoms with Gasteiger partial charge in [-0.2, -0.15) is 4.98 Å². The number of hydrogen-bond acceptors (Lipinski definition) is 8. The van der Waals surface area contributed by atoms with Crippen molar-refractivity contribution in [1.29, 1.82) is 0 Å². The summed E-state index contributed by atoms with van der Waals surface area (Å²) in [5.41, 5.74) is 0. The Labute approximate surface area is 139 Å². The van der Waals surface area contributed by atoms with Crippen LogP contribution >= 0.6 is 11.8 Å². The highest BCUT2D eigenvalue weighted by molar-refractivity contribution is 7.98. The molecule has 1 aliphatic heterocycles. The van der Waals surface area contributed by atoms with Gasteiger partial charge in [0.25, 0.3) is 0 Å². The zero-order chi connectivity index (χ0) is 16.1. The first-order valence-electron chi connectivity index (χ1n) is 7.81. The average Bonchev–Trinajstić information content (AvgIpc) is 3.18. The molecule has 9 heteroatoms. The third-order valence-electron chi connectivity index (χ3n) is 3.90. The first-order chi connectivity index (χ1) is 11.3. The Bertz CT molecular complexity index is 623.